The number of hydrogen-bond acceptors (Lipinski definition) is 5. The van der Waals surface area contributed by atoms with Crippen LogP contribution in [0.1, 0.15) is 58.7 Å². The largest absolute Gasteiger partial charge is 0.456 e. The van der Waals surface area contributed by atoms with Crippen LogP contribution in [0.25, 0.3) is 0 Å². The van der Waals surface area contributed by atoms with Gasteiger partial charge in [-0.1, -0.05) is 6.07 Å². The second kappa shape index (κ2) is 10.1. The number of aromatic nitrogens is 1. The highest BCUT2D eigenvalue weighted by Crippen LogP contribution is 2.46. The fourth-order valence-electron chi connectivity index (χ4n) is 6.52. The molecule has 2 aliphatic heterocycles. The highest BCUT2D eigenvalue weighted by atomic mass is 19.4. The van der Waals surface area contributed by atoms with E-state index in [-0.39, 0.29) is 18.1 Å². The van der Waals surface area contributed by atoms with Crippen molar-refractivity contribution >= 4 is 23.5 Å². The standard InChI is InChI=1S/C29H24F6N4O4/c1-13-15(22-17(30)4-5-18(31)23(22)32)10-19(26(41)39(13)12-29(33,34)35)37-25(40)21-9-14-11-28(7-6-20(14)43-21)16-3-2-8-36-24(16)38-27(28)42/h2-5,8-9,13,15,19H,6-7,10-12H2,1H3,(H,37,40)(H,36,38,42)/t13-,15-,19+,28-/m0/s1. The van der Waals surface area contributed by atoms with Crippen LogP contribution in [0, 0.1) is 17.5 Å². The molecule has 0 saturated carbocycles. The maximum absolute atomic E-state index is 14.7. The number of amides is 3. The topological polar surface area (TPSA) is 105 Å². The fraction of sp³-hybridized carbons (Fsp3) is 0.379. The van der Waals surface area contributed by atoms with E-state index in [1.807, 2.05) is 0 Å². The second-order valence-electron chi connectivity index (χ2n) is 11.1. The van der Waals surface area contributed by atoms with E-state index in [9.17, 15) is 40.7 Å². The monoisotopic (exact) mass is 606 g/mol. The quantitative estimate of drug-likeness (QED) is 0.336. The Bertz CT molecular complexity index is 1660. The zero-order valence-electron chi connectivity index (χ0n) is 22.5. The summed E-state index contributed by atoms with van der Waals surface area (Å²) in [6.07, 6.45) is -2.94. The zero-order chi connectivity index (χ0) is 30.8. The molecule has 0 radical (unpaired) electrons. The smallest absolute Gasteiger partial charge is 0.406 e. The number of benzene rings is 1. The van der Waals surface area contributed by atoms with Crippen LogP contribution in [0.3, 0.4) is 0 Å². The Morgan fingerprint density at radius 2 is 1.93 bits per heavy atom. The molecule has 226 valence electrons. The van der Waals surface area contributed by atoms with Crippen molar-refractivity contribution in [2.24, 2.45) is 0 Å². The maximum atomic E-state index is 14.7. The molecule has 3 aromatic rings. The van der Waals surface area contributed by atoms with Crippen LogP contribution >= 0.6 is 0 Å². The van der Waals surface area contributed by atoms with Gasteiger partial charge in [0.1, 0.15) is 30.0 Å². The number of nitrogens with zero attached hydrogens (tertiary/aromatic N) is 2. The number of hydrogen-bond donors (Lipinski definition) is 2. The number of piperidine rings is 1. The van der Waals surface area contributed by atoms with Crippen LogP contribution in [0.5, 0.6) is 0 Å². The lowest BCUT2D eigenvalue weighted by atomic mass is 9.70. The summed E-state index contributed by atoms with van der Waals surface area (Å²) in [5.41, 5.74) is -0.455. The lowest BCUT2D eigenvalue weighted by Gasteiger charge is -2.43. The van der Waals surface area contributed by atoms with Crippen LogP contribution in [-0.2, 0) is 27.8 Å². The van der Waals surface area contributed by atoms with Gasteiger partial charge in [-0.05, 0) is 56.0 Å². The van der Waals surface area contributed by atoms with Crippen LogP contribution < -0.4 is 10.6 Å². The molecule has 3 aliphatic rings. The van der Waals surface area contributed by atoms with Crippen molar-refractivity contribution in [3.8, 4) is 0 Å². The molecule has 14 heteroatoms. The van der Waals surface area contributed by atoms with Crippen molar-refractivity contribution in [1.29, 1.82) is 0 Å². The van der Waals surface area contributed by atoms with Crippen LogP contribution in [0.4, 0.5) is 32.2 Å². The molecule has 0 unspecified atom stereocenters. The normalized spacial score (nSPS) is 25.0. The van der Waals surface area contributed by atoms with Crippen molar-refractivity contribution in [3.63, 3.8) is 0 Å². The summed E-state index contributed by atoms with van der Waals surface area (Å²) >= 11 is 0. The van der Waals surface area contributed by atoms with E-state index in [4.69, 9.17) is 4.42 Å². The number of likely N-dealkylation sites (tertiary alicyclic amines) is 1. The van der Waals surface area contributed by atoms with Gasteiger partial charge in [0, 0.05) is 35.7 Å². The molecule has 1 aromatic carbocycles. The number of carbonyl (C=O) groups is 3. The number of alkyl halides is 3. The number of pyridine rings is 1. The van der Waals surface area contributed by atoms with Gasteiger partial charge in [0.25, 0.3) is 5.91 Å². The molecule has 1 saturated heterocycles. The molecule has 4 atom stereocenters. The van der Waals surface area contributed by atoms with Gasteiger partial charge in [-0.25, -0.2) is 18.2 Å². The lowest BCUT2D eigenvalue weighted by molar-refractivity contribution is -0.170. The van der Waals surface area contributed by atoms with Gasteiger partial charge in [0.2, 0.25) is 11.8 Å². The van der Waals surface area contributed by atoms with Crippen LogP contribution in [-0.4, -0.2) is 52.4 Å². The van der Waals surface area contributed by atoms with E-state index >= 15 is 0 Å². The molecular formula is C29H24F6N4O4. The average Bonchev–Trinajstić information content (AvgIpc) is 3.49. The summed E-state index contributed by atoms with van der Waals surface area (Å²) < 4.78 is 89.5. The highest BCUT2D eigenvalue weighted by molar-refractivity contribution is 6.05. The SMILES string of the molecule is C[C@H]1[C@@H](c2c(F)ccc(F)c2F)C[C@@H](NC(=O)c2cc3c(o2)CC[C@@]2(C3)C(=O)Nc3ncccc32)C(=O)N1CC(F)(F)F. The van der Waals surface area contributed by atoms with Crippen molar-refractivity contribution in [2.75, 3.05) is 11.9 Å². The molecule has 1 aliphatic carbocycles. The molecule has 8 nitrogen and oxygen atoms in total. The Balaban J connectivity index is 1.28. The van der Waals surface area contributed by atoms with E-state index in [2.05, 4.69) is 15.6 Å². The third-order valence-corrected chi connectivity index (χ3v) is 8.63. The predicted octanol–water partition coefficient (Wildman–Crippen LogP) is 4.54. The number of nitrogens with one attached hydrogen (secondary N) is 2. The molecule has 0 bridgehead atoms. The lowest BCUT2D eigenvalue weighted by Crippen LogP contribution is -2.59. The average molecular weight is 607 g/mol. The van der Waals surface area contributed by atoms with Crippen LogP contribution in [0.2, 0.25) is 0 Å². The van der Waals surface area contributed by atoms with Gasteiger partial charge in [-0.3, -0.25) is 14.4 Å². The first kappa shape index (κ1) is 28.7. The second-order valence-corrected chi connectivity index (χ2v) is 11.1. The Kier molecular flexibility index (Phi) is 6.77. The van der Waals surface area contributed by atoms with E-state index in [1.54, 1.807) is 18.3 Å². The first-order valence-corrected chi connectivity index (χ1v) is 13.5. The van der Waals surface area contributed by atoms with E-state index in [1.165, 1.54) is 13.0 Å². The van der Waals surface area contributed by atoms with E-state index in [0.29, 0.717) is 52.6 Å². The van der Waals surface area contributed by atoms with Crippen molar-refractivity contribution in [3.05, 3.63) is 82.2 Å². The van der Waals surface area contributed by atoms with E-state index < -0.39 is 77.4 Å². The number of anilines is 1. The molecule has 6 rings (SSSR count). The van der Waals surface area contributed by atoms with Gasteiger partial charge in [0.15, 0.2) is 17.4 Å². The molecule has 3 amide bonds. The minimum atomic E-state index is -4.86. The Labute approximate surface area is 240 Å². The van der Waals surface area contributed by atoms with Crippen molar-refractivity contribution in [2.45, 2.75) is 62.2 Å². The molecular weight excluding hydrogens is 582 g/mol. The Morgan fingerprint density at radius 3 is 2.67 bits per heavy atom. The summed E-state index contributed by atoms with van der Waals surface area (Å²) in [6.45, 7) is -0.566. The van der Waals surface area contributed by atoms with Gasteiger partial charge in [-0.15, -0.1) is 0 Å². The molecule has 2 N–H and O–H groups in total. The predicted molar refractivity (Wildman–Crippen MR) is 137 cm³/mol. The molecule has 4 heterocycles. The van der Waals surface area contributed by atoms with Gasteiger partial charge in [0.05, 0.1) is 5.41 Å². The number of rotatable bonds is 4. The minimum absolute atomic E-state index is 0.197. The zero-order valence-corrected chi connectivity index (χ0v) is 22.5. The van der Waals surface area contributed by atoms with Crippen LogP contribution in [0.15, 0.2) is 40.9 Å². The maximum Gasteiger partial charge on any atom is 0.406 e. The van der Waals surface area contributed by atoms with Crippen molar-refractivity contribution in [1.82, 2.24) is 15.2 Å². The fourth-order valence-corrected chi connectivity index (χ4v) is 6.52. The first-order valence-electron chi connectivity index (χ1n) is 13.5. The number of carbonyl (C=O) groups excluding carboxylic acids is 3. The first-order chi connectivity index (χ1) is 20.3. The molecule has 43 heavy (non-hydrogen) atoms. The number of furan rings is 1. The highest BCUT2D eigenvalue weighted by Gasteiger charge is 2.50. The third-order valence-electron chi connectivity index (χ3n) is 8.63. The molecule has 1 spiro atoms. The summed E-state index contributed by atoms with van der Waals surface area (Å²) in [4.78, 5) is 44.0. The summed E-state index contributed by atoms with van der Waals surface area (Å²) in [5.74, 6) is -7.26. The molecule has 2 aromatic heterocycles. The number of fused-ring (bicyclic) bond motifs is 3. The Hall–Kier alpha value is -4.36. The van der Waals surface area contributed by atoms with Gasteiger partial charge in [-0.2, -0.15) is 13.2 Å². The summed E-state index contributed by atoms with van der Waals surface area (Å²) in [6, 6.07) is 3.09. The minimum Gasteiger partial charge on any atom is -0.456 e. The number of halogens is 6. The summed E-state index contributed by atoms with van der Waals surface area (Å²) in [5, 5.41) is 5.12. The van der Waals surface area contributed by atoms with E-state index in [0.717, 1.165) is 0 Å². The van der Waals surface area contributed by atoms with Crippen molar-refractivity contribution < 1.29 is 45.1 Å². The Morgan fingerprint density at radius 1 is 1.19 bits per heavy atom. The third kappa shape index (κ3) is 4.82. The van der Waals surface area contributed by atoms with Gasteiger partial charge < -0.3 is 20.0 Å². The molecule has 1 fully saturated rings. The summed E-state index contributed by atoms with van der Waals surface area (Å²) in [7, 11) is 0. The van der Waals surface area contributed by atoms with Gasteiger partial charge >= 0.3 is 6.18 Å². The number of aryl methyl sites for hydroxylation is 1.